The predicted molar refractivity (Wildman–Crippen MR) is 138 cm³/mol. The highest BCUT2D eigenvalue weighted by Crippen LogP contribution is 2.50. The summed E-state index contributed by atoms with van der Waals surface area (Å²) in [5.41, 5.74) is 3.26. The second kappa shape index (κ2) is 10.1. The van der Waals surface area contributed by atoms with Crippen molar-refractivity contribution in [1.82, 2.24) is 9.97 Å². The maximum absolute atomic E-state index is 13.6. The van der Waals surface area contributed by atoms with Crippen molar-refractivity contribution in [2.45, 2.75) is 36.1 Å². The van der Waals surface area contributed by atoms with Gasteiger partial charge in [0.2, 0.25) is 5.75 Å². The Labute approximate surface area is 213 Å². The molecule has 8 nitrogen and oxygen atoms in total. The number of anilines is 1. The number of thioether (sulfide) groups is 1. The van der Waals surface area contributed by atoms with E-state index >= 15 is 0 Å². The van der Waals surface area contributed by atoms with Gasteiger partial charge in [-0.15, -0.1) is 0 Å². The number of fused-ring (bicyclic) bond motifs is 1. The quantitative estimate of drug-likeness (QED) is 0.353. The van der Waals surface area contributed by atoms with Gasteiger partial charge in [0, 0.05) is 29.0 Å². The number of carbonyl (C=O) groups excluding carboxylic acids is 1. The minimum Gasteiger partial charge on any atom is -0.493 e. The number of benzene rings is 2. The molecule has 2 heterocycles. The second-order valence-electron chi connectivity index (χ2n) is 8.56. The Bertz CT molecular complexity index is 1400. The molecule has 0 bridgehead atoms. The van der Waals surface area contributed by atoms with E-state index in [0.717, 1.165) is 17.7 Å². The number of allylic oxidation sites excluding steroid dienone is 2. The first kappa shape index (κ1) is 24.0. The maximum atomic E-state index is 13.6. The standard InChI is InChI=1S/C27H27N3O5S/c1-33-19-13-12-16(23(34-2)24(19)35-3)20-21-17(10-7-11-18(21)31)28-25-22(20)26(32)30-27(29-25)36-14-15-8-5-4-6-9-15/h4-6,8-9,12-13,20H,7,10-11,14H2,1-3H3,(H2,28,29,30,32). The van der Waals surface area contributed by atoms with Gasteiger partial charge in [-0.3, -0.25) is 9.59 Å². The molecule has 9 heteroatoms. The molecule has 186 valence electrons. The largest absolute Gasteiger partial charge is 0.493 e. The number of nitrogens with zero attached hydrogens (tertiary/aromatic N) is 1. The molecule has 2 aromatic carbocycles. The lowest BCUT2D eigenvalue weighted by atomic mass is 9.76. The van der Waals surface area contributed by atoms with E-state index < -0.39 is 5.92 Å². The molecule has 1 atom stereocenters. The van der Waals surface area contributed by atoms with Crippen molar-refractivity contribution in [3.8, 4) is 17.2 Å². The first-order chi connectivity index (χ1) is 17.5. The van der Waals surface area contributed by atoms with E-state index in [0.29, 0.717) is 63.5 Å². The van der Waals surface area contributed by atoms with Crippen LogP contribution in [-0.2, 0) is 10.5 Å². The minimum absolute atomic E-state index is 0.0122. The fraction of sp³-hybridized carbons (Fsp3) is 0.296. The third-order valence-electron chi connectivity index (χ3n) is 6.50. The van der Waals surface area contributed by atoms with Crippen molar-refractivity contribution < 1.29 is 19.0 Å². The van der Waals surface area contributed by atoms with Gasteiger partial charge in [0.25, 0.3) is 5.56 Å². The Hall–Kier alpha value is -3.72. The number of ketones is 1. The topological polar surface area (TPSA) is 103 Å². The SMILES string of the molecule is COc1ccc(C2C3=C(CCCC3=O)Nc3nc(SCc4ccccc4)[nH]c(=O)c32)c(OC)c1OC. The molecular weight excluding hydrogens is 478 g/mol. The number of hydrogen-bond acceptors (Lipinski definition) is 8. The van der Waals surface area contributed by atoms with Crippen molar-refractivity contribution in [3.05, 3.63) is 80.8 Å². The van der Waals surface area contributed by atoms with Crippen LogP contribution >= 0.6 is 11.8 Å². The normalized spacial score (nSPS) is 16.6. The number of aromatic nitrogens is 2. The van der Waals surface area contributed by atoms with Gasteiger partial charge in [-0.05, 0) is 24.5 Å². The van der Waals surface area contributed by atoms with Crippen molar-refractivity contribution >= 4 is 23.4 Å². The fourth-order valence-electron chi connectivity index (χ4n) is 4.90. The number of aromatic amines is 1. The predicted octanol–water partition coefficient (Wildman–Crippen LogP) is 4.65. The summed E-state index contributed by atoms with van der Waals surface area (Å²) in [7, 11) is 4.61. The zero-order valence-corrected chi connectivity index (χ0v) is 21.2. The van der Waals surface area contributed by atoms with Crippen LogP contribution in [0.1, 0.15) is 41.9 Å². The number of carbonyl (C=O) groups is 1. The first-order valence-corrected chi connectivity index (χ1v) is 12.7. The zero-order valence-electron chi connectivity index (χ0n) is 20.3. The van der Waals surface area contributed by atoms with Gasteiger partial charge < -0.3 is 24.5 Å². The van der Waals surface area contributed by atoms with Gasteiger partial charge in [0.15, 0.2) is 22.4 Å². The van der Waals surface area contributed by atoms with Gasteiger partial charge in [-0.1, -0.05) is 48.2 Å². The number of H-pyrrole nitrogens is 1. The van der Waals surface area contributed by atoms with Crippen molar-refractivity contribution in [2.24, 2.45) is 0 Å². The minimum atomic E-state index is -0.650. The molecule has 0 fully saturated rings. The van der Waals surface area contributed by atoms with Crippen LogP contribution in [0, 0.1) is 0 Å². The lowest BCUT2D eigenvalue weighted by Crippen LogP contribution is -2.33. The molecule has 1 aromatic heterocycles. The highest BCUT2D eigenvalue weighted by molar-refractivity contribution is 7.98. The molecule has 5 rings (SSSR count). The van der Waals surface area contributed by atoms with Crippen LogP contribution < -0.4 is 25.1 Å². The van der Waals surface area contributed by atoms with E-state index in [9.17, 15) is 9.59 Å². The molecule has 0 radical (unpaired) electrons. The first-order valence-electron chi connectivity index (χ1n) is 11.7. The summed E-state index contributed by atoms with van der Waals surface area (Å²) >= 11 is 1.46. The van der Waals surface area contributed by atoms with E-state index in [4.69, 9.17) is 19.2 Å². The van der Waals surface area contributed by atoms with E-state index in [1.54, 1.807) is 13.2 Å². The zero-order chi connectivity index (χ0) is 25.2. The second-order valence-corrected chi connectivity index (χ2v) is 9.52. The summed E-state index contributed by atoms with van der Waals surface area (Å²) in [5.74, 6) is 1.81. The van der Waals surface area contributed by atoms with Crippen LogP contribution in [0.15, 0.2) is 63.7 Å². The maximum Gasteiger partial charge on any atom is 0.257 e. The molecular formula is C27H27N3O5S. The third kappa shape index (κ3) is 4.24. The molecule has 2 N–H and O–H groups in total. The van der Waals surface area contributed by atoms with Crippen LogP contribution in [0.25, 0.3) is 0 Å². The molecule has 0 amide bonds. The van der Waals surface area contributed by atoms with Gasteiger partial charge in [0.1, 0.15) is 5.82 Å². The third-order valence-corrected chi connectivity index (χ3v) is 7.44. The summed E-state index contributed by atoms with van der Waals surface area (Å²) in [5, 5.41) is 3.83. The van der Waals surface area contributed by atoms with E-state index in [1.807, 2.05) is 36.4 Å². The van der Waals surface area contributed by atoms with Gasteiger partial charge in [-0.2, -0.15) is 0 Å². The summed E-state index contributed by atoms with van der Waals surface area (Å²) in [6.07, 6.45) is 1.88. The smallest absolute Gasteiger partial charge is 0.257 e. The Kier molecular flexibility index (Phi) is 6.73. The molecule has 2 aliphatic rings. The average Bonchev–Trinajstić information content (AvgIpc) is 2.90. The number of rotatable bonds is 7. The van der Waals surface area contributed by atoms with Crippen LogP contribution in [0.2, 0.25) is 0 Å². The molecule has 0 spiro atoms. The highest BCUT2D eigenvalue weighted by atomic mass is 32.2. The van der Waals surface area contributed by atoms with Crippen molar-refractivity contribution in [3.63, 3.8) is 0 Å². The monoisotopic (exact) mass is 505 g/mol. The van der Waals surface area contributed by atoms with Crippen LogP contribution in [0.4, 0.5) is 5.82 Å². The summed E-state index contributed by atoms with van der Waals surface area (Å²) in [6.45, 7) is 0. The Morgan fingerprint density at radius 3 is 2.47 bits per heavy atom. The number of Topliss-reactive ketones (excluding diaryl/α,β-unsaturated/α-hetero) is 1. The molecule has 1 aliphatic carbocycles. The van der Waals surface area contributed by atoms with Crippen LogP contribution in [0.3, 0.4) is 0 Å². The van der Waals surface area contributed by atoms with Gasteiger partial charge in [-0.25, -0.2) is 4.98 Å². The van der Waals surface area contributed by atoms with Gasteiger partial charge in [0.05, 0.1) is 32.8 Å². The number of methoxy groups -OCH3 is 3. The molecule has 1 unspecified atom stereocenters. The number of ether oxygens (including phenoxy) is 3. The number of hydrogen-bond donors (Lipinski definition) is 2. The lowest BCUT2D eigenvalue weighted by Gasteiger charge is -2.33. The Balaban J connectivity index is 1.65. The van der Waals surface area contributed by atoms with Crippen LogP contribution in [0.5, 0.6) is 17.2 Å². The molecule has 1 aliphatic heterocycles. The Morgan fingerprint density at radius 2 is 1.75 bits per heavy atom. The highest BCUT2D eigenvalue weighted by Gasteiger charge is 2.40. The molecule has 3 aromatic rings. The number of nitrogens with one attached hydrogen (secondary N) is 2. The summed E-state index contributed by atoms with van der Waals surface area (Å²) < 4.78 is 16.8. The molecule has 36 heavy (non-hydrogen) atoms. The van der Waals surface area contributed by atoms with Crippen LogP contribution in [-0.4, -0.2) is 37.1 Å². The van der Waals surface area contributed by atoms with Crippen molar-refractivity contribution in [2.75, 3.05) is 26.6 Å². The summed E-state index contributed by atoms with van der Waals surface area (Å²) in [4.78, 5) is 34.5. The van der Waals surface area contributed by atoms with Crippen molar-refractivity contribution in [1.29, 1.82) is 0 Å². The van der Waals surface area contributed by atoms with E-state index in [-0.39, 0.29) is 11.3 Å². The molecule has 0 saturated carbocycles. The lowest BCUT2D eigenvalue weighted by molar-refractivity contribution is -0.116. The molecule has 0 saturated heterocycles. The fourth-order valence-corrected chi connectivity index (χ4v) is 5.71. The van der Waals surface area contributed by atoms with E-state index in [2.05, 4.69) is 10.3 Å². The summed E-state index contributed by atoms with van der Waals surface area (Å²) in [6, 6.07) is 13.6. The average molecular weight is 506 g/mol. The van der Waals surface area contributed by atoms with E-state index in [1.165, 1.54) is 26.0 Å². The van der Waals surface area contributed by atoms with Gasteiger partial charge >= 0.3 is 0 Å². The Morgan fingerprint density at radius 1 is 0.972 bits per heavy atom.